The Morgan fingerprint density at radius 3 is 2.46 bits per heavy atom. The molecule has 0 saturated heterocycles. The number of methoxy groups -OCH3 is 1. The molecule has 0 aliphatic heterocycles. The number of ether oxygens (including phenoxy) is 1. The molecule has 0 atom stereocenters. The first-order valence-electron chi connectivity index (χ1n) is 7.32. The topological polar surface area (TPSA) is 80.4 Å². The Morgan fingerprint density at radius 2 is 1.79 bits per heavy atom. The van der Waals surface area contributed by atoms with Gasteiger partial charge in [-0.15, -0.1) is 0 Å². The van der Waals surface area contributed by atoms with Gasteiger partial charge in [-0.2, -0.15) is 0 Å². The second-order valence-corrected chi connectivity index (χ2v) is 7.49. The summed E-state index contributed by atoms with van der Waals surface area (Å²) in [6.45, 7) is 3.77. The molecule has 1 aromatic heterocycles. The minimum atomic E-state index is -3.84. The van der Waals surface area contributed by atoms with Crippen molar-refractivity contribution in [3.8, 4) is 5.75 Å². The van der Waals surface area contributed by atoms with E-state index in [0.717, 1.165) is 11.1 Å². The van der Waals surface area contributed by atoms with Crippen molar-refractivity contribution < 1.29 is 17.6 Å². The van der Waals surface area contributed by atoms with E-state index in [4.69, 9.17) is 14.6 Å². The number of hydrogen-bond donors (Lipinski definition) is 1. The molecule has 0 unspecified atom stereocenters. The molecule has 0 aliphatic carbocycles. The molecular weight excluding hydrogens is 326 g/mol. The third kappa shape index (κ3) is 2.59. The van der Waals surface area contributed by atoms with E-state index in [1.165, 1.54) is 13.2 Å². The van der Waals surface area contributed by atoms with E-state index in [9.17, 15) is 8.42 Å². The number of hydrogen-bond acceptors (Lipinski definition) is 5. The summed E-state index contributed by atoms with van der Waals surface area (Å²) in [5, 5.41) is 8.59. The minimum absolute atomic E-state index is 0.150. The van der Waals surface area contributed by atoms with E-state index in [2.05, 4.69) is 0 Å². The summed E-state index contributed by atoms with van der Waals surface area (Å²) >= 11 is 0. The number of rotatable bonds is 3. The van der Waals surface area contributed by atoms with E-state index in [0.29, 0.717) is 16.7 Å². The maximum atomic E-state index is 12.9. The van der Waals surface area contributed by atoms with E-state index >= 15 is 0 Å². The van der Waals surface area contributed by atoms with Crippen LogP contribution in [0.1, 0.15) is 11.1 Å². The molecule has 3 rings (SSSR count). The third-order valence-corrected chi connectivity index (χ3v) is 5.78. The maximum absolute atomic E-state index is 12.9. The SMILES string of the molecule is COc1cccc2cc(S(=O)(=O)c3ccc(C)c(C)c3)c(=N)oc12. The number of nitrogens with one attached hydrogen (secondary N) is 1. The molecule has 3 aromatic rings. The zero-order valence-electron chi connectivity index (χ0n) is 13.6. The molecule has 0 amide bonds. The summed E-state index contributed by atoms with van der Waals surface area (Å²) in [7, 11) is -2.35. The summed E-state index contributed by atoms with van der Waals surface area (Å²) in [6.07, 6.45) is 0. The summed E-state index contributed by atoms with van der Waals surface area (Å²) in [5.74, 6) is 0.455. The van der Waals surface area contributed by atoms with Crippen LogP contribution >= 0.6 is 0 Å². The molecule has 6 heteroatoms. The van der Waals surface area contributed by atoms with Crippen LogP contribution in [-0.4, -0.2) is 15.5 Å². The molecule has 0 spiro atoms. The van der Waals surface area contributed by atoms with Gasteiger partial charge in [0.05, 0.1) is 12.0 Å². The second-order valence-electron chi connectivity index (χ2n) is 5.57. The fraction of sp³-hybridized carbons (Fsp3) is 0.167. The summed E-state index contributed by atoms with van der Waals surface area (Å²) in [4.78, 5) is -0.0111. The van der Waals surface area contributed by atoms with Gasteiger partial charge in [-0.05, 0) is 49.2 Å². The number of sulfone groups is 1. The smallest absolute Gasteiger partial charge is 0.231 e. The van der Waals surface area contributed by atoms with Crippen molar-refractivity contribution >= 4 is 20.8 Å². The van der Waals surface area contributed by atoms with Crippen LogP contribution < -0.4 is 10.3 Å². The molecule has 124 valence electrons. The first-order valence-corrected chi connectivity index (χ1v) is 8.80. The van der Waals surface area contributed by atoms with Gasteiger partial charge in [-0.25, -0.2) is 8.42 Å². The Hall–Kier alpha value is -2.60. The minimum Gasteiger partial charge on any atom is -0.493 e. The maximum Gasteiger partial charge on any atom is 0.231 e. The molecule has 0 radical (unpaired) electrons. The van der Waals surface area contributed by atoms with E-state index < -0.39 is 15.4 Å². The Bertz CT molecular complexity index is 1100. The van der Waals surface area contributed by atoms with Gasteiger partial charge in [0.15, 0.2) is 11.3 Å². The van der Waals surface area contributed by atoms with Gasteiger partial charge in [-0.1, -0.05) is 18.2 Å². The van der Waals surface area contributed by atoms with E-state index in [1.807, 2.05) is 13.8 Å². The van der Waals surface area contributed by atoms with Crippen molar-refractivity contribution in [2.75, 3.05) is 7.11 Å². The molecule has 0 bridgehead atoms. The van der Waals surface area contributed by atoms with Crippen LogP contribution in [-0.2, 0) is 9.84 Å². The number of para-hydroxylation sites is 1. The lowest BCUT2D eigenvalue weighted by molar-refractivity contribution is 0.402. The highest BCUT2D eigenvalue weighted by molar-refractivity contribution is 7.91. The first-order chi connectivity index (χ1) is 11.3. The highest BCUT2D eigenvalue weighted by atomic mass is 32.2. The highest BCUT2D eigenvalue weighted by Crippen LogP contribution is 2.28. The molecule has 0 saturated carbocycles. The molecule has 2 aromatic carbocycles. The summed E-state index contributed by atoms with van der Waals surface area (Å²) < 4.78 is 36.4. The Kier molecular flexibility index (Phi) is 3.93. The zero-order valence-corrected chi connectivity index (χ0v) is 14.4. The molecule has 24 heavy (non-hydrogen) atoms. The molecule has 1 N–H and O–H groups in total. The lowest BCUT2D eigenvalue weighted by atomic mass is 10.1. The Balaban J connectivity index is 2.26. The van der Waals surface area contributed by atoms with Gasteiger partial charge in [0.1, 0.15) is 4.90 Å². The molecule has 0 aliphatic rings. The van der Waals surface area contributed by atoms with Gasteiger partial charge in [0.25, 0.3) is 0 Å². The van der Waals surface area contributed by atoms with Crippen LogP contribution in [0.4, 0.5) is 0 Å². The van der Waals surface area contributed by atoms with Gasteiger partial charge >= 0.3 is 0 Å². The number of fused-ring (bicyclic) bond motifs is 1. The fourth-order valence-corrected chi connectivity index (χ4v) is 3.88. The van der Waals surface area contributed by atoms with Crippen LogP contribution in [0.3, 0.4) is 0 Å². The standard InChI is InChI=1S/C18H17NO4S/c1-11-7-8-14(9-12(11)2)24(20,21)16-10-13-5-4-6-15(22-3)17(13)23-18(16)19/h4-10,19H,1-3H3. The third-order valence-electron chi connectivity index (χ3n) is 4.02. The molecule has 5 nitrogen and oxygen atoms in total. The lowest BCUT2D eigenvalue weighted by Crippen LogP contribution is -2.15. The highest BCUT2D eigenvalue weighted by Gasteiger charge is 2.22. The molecule has 0 fully saturated rings. The van der Waals surface area contributed by atoms with Crippen LogP contribution in [0.5, 0.6) is 5.75 Å². The van der Waals surface area contributed by atoms with Gasteiger partial charge in [0.2, 0.25) is 15.4 Å². The quantitative estimate of drug-likeness (QED) is 0.790. The predicted molar refractivity (Wildman–Crippen MR) is 90.0 cm³/mol. The van der Waals surface area contributed by atoms with E-state index in [1.54, 1.807) is 36.4 Å². The van der Waals surface area contributed by atoms with Crippen LogP contribution in [0, 0.1) is 19.3 Å². The normalized spacial score (nSPS) is 11.6. The average molecular weight is 343 g/mol. The van der Waals surface area contributed by atoms with Crippen LogP contribution in [0.15, 0.2) is 56.7 Å². The van der Waals surface area contributed by atoms with Crippen molar-refractivity contribution in [1.82, 2.24) is 0 Å². The zero-order chi connectivity index (χ0) is 17.5. The van der Waals surface area contributed by atoms with Crippen LogP contribution in [0.2, 0.25) is 0 Å². The van der Waals surface area contributed by atoms with Gasteiger partial charge < -0.3 is 9.15 Å². The van der Waals surface area contributed by atoms with Crippen LogP contribution in [0.25, 0.3) is 11.0 Å². The number of aryl methyl sites for hydroxylation is 2. The number of benzene rings is 2. The van der Waals surface area contributed by atoms with Crippen molar-refractivity contribution in [3.05, 3.63) is 59.1 Å². The van der Waals surface area contributed by atoms with Crippen molar-refractivity contribution in [2.24, 2.45) is 0 Å². The largest absolute Gasteiger partial charge is 0.493 e. The average Bonchev–Trinajstić information content (AvgIpc) is 2.56. The second kappa shape index (κ2) is 5.79. The van der Waals surface area contributed by atoms with Gasteiger partial charge in [0, 0.05) is 5.39 Å². The lowest BCUT2D eigenvalue weighted by Gasteiger charge is -2.09. The summed E-state index contributed by atoms with van der Waals surface area (Å²) in [6, 6.07) is 11.5. The Labute approximate surface area is 139 Å². The monoisotopic (exact) mass is 343 g/mol. The van der Waals surface area contributed by atoms with Crippen molar-refractivity contribution in [3.63, 3.8) is 0 Å². The first kappa shape index (κ1) is 16.3. The summed E-state index contributed by atoms with van der Waals surface area (Å²) in [5.41, 5.74) is 1.82. The molecule has 1 heterocycles. The molecular formula is C18H17NO4S. The van der Waals surface area contributed by atoms with Crippen molar-refractivity contribution in [2.45, 2.75) is 23.6 Å². The fourth-order valence-electron chi connectivity index (χ4n) is 2.48. The van der Waals surface area contributed by atoms with Crippen molar-refractivity contribution in [1.29, 1.82) is 5.41 Å². The Morgan fingerprint density at radius 1 is 1.04 bits per heavy atom. The van der Waals surface area contributed by atoms with E-state index in [-0.39, 0.29) is 9.79 Å². The predicted octanol–water partition coefficient (Wildman–Crippen LogP) is 3.37. The van der Waals surface area contributed by atoms with Gasteiger partial charge in [-0.3, -0.25) is 5.41 Å².